The van der Waals surface area contributed by atoms with Gasteiger partial charge in [0.05, 0.1) is 12.8 Å². The van der Waals surface area contributed by atoms with E-state index in [9.17, 15) is 0 Å². The van der Waals surface area contributed by atoms with Crippen molar-refractivity contribution in [3.63, 3.8) is 0 Å². The fraction of sp³-hybridized carbons (Fsp3) is 0.583. The second-order valence-electron chi connectivity index (χ2n) is 3.64. The Bertz CT molecular complexity index is 301. The standard InChI is InChI=1S/C12H19BrN2O/c1-3-8-15(9-7-13)10-11-5-4-6-12(14-11)16-2/h4-6H,3,7-10H2,1-2H3. The van der Waals surface area contributed by atoms with Crippen molar-refractivity contribution < 1.29 is 4.74 Å². The van der Waals surface area contributed by atoms with Crippen LogP contribution in [-0.4, -0.2) is 35.4 Å². The SMILES string of the molecule is CCCN(CCBr)Cc1cccc(OC)n1. The minimum Gasteiger partial charge on any atom is -0.481 e. The Kier molecular flexibility index (Phi) is 6.42. The highest BCUT2D eigenvalue weighted by Gasteiger charge is 2.05. The molecule has 0 fully saturated rings. The van der Waals surface area contributed by atoms with Gasteiger partial charge in [0.2, 0.25) is 5.88 Å². The van der Waals surface area contributed by atoms with Crippen LogP contribution in [0.1, 0.15) is 19.0 Å². The maximum absolute atomic E-state index is 5.12. The minimum absolute atomic E-state index is 0.688. The monoisotopic (exact) mass is 286 g/mol. The molecule has 1 aromatic rings. The van der Waals surface area contributed by atoms with Gasteiger partial charge < -0.3 is 4.74 Å². The Hall–Kier alpha value is -0.610. The van der Waals surface area contributed by atoms with Gasteiger partial charge in [0, 0.05) is 24.5 Å². The summed E-state index contributed by atoms with van der Waals surface area (Å²) >= 11 is 3.47. The fourth-order valence-corrected chi connectivity index (χ4v) is 2.10. The van der Waals surface area contributed by atoms with Crippen molar-refractivity contribution >= 4 is 15.9 Å². The molecule has 0 unspecified atom stereocenters. The molecule has 0 aromatic carbocycles. The van der Waals surface area contributed by atoms with E-state index in [1.54, 1.807) is 7.11 Å². The highest BCUT2D eigenvalue weighted by molar-refractivity contribution is 9.09. The highest BCUT2D eigenvalue weighted by Crippen LogP contribution is 2.09. The van der Waals surface area contributed by atoms with Crippen molar-refractivity contribution in [3.05, 3.63) is 23.9 Å². The Balaban J connectivity index is 2.60. The largest absolute Gasteiger partial charge is 0.481 e. The maximum Gasteiger partial charge on any atom is 0.213 e. The Morgan fingerprint density at radius 2 is 2.19 bits per heavy atom. The lowest BCUT2D eigenvalue weighted by atomic mass is 10.3. The van der Waals surface area contributed by atoms with Crippen molar-refractivity contribution in [2.75, 3.05) is 25.5 Å². The molecule has 16 heavy (non-hydrogen) atoms. The van der Waals surface area contributed by atoms with E-state index in [0.717, 1.165) is 37.1 Å². The van der Waals surface area contributed by atoms with Crippen molar-refractivity contribution in [2.45, 2.75) is 19.9 Å². The molecule has 3 nitrogen and oxygen atoms in total. The molecule has 0 N–H and O–H groups in total. The summed E-state index contributed by atoms with van der Waals surface area (Å²) in [6.45, 7) is 5.23. The van der Waals surface area contributed by atoms with Crippen molar-refractivity contribution in [2.24, 2.45) is 0 Å². The molecular formula is C12H19BrN2O. The summed E-state index contributed by atoms with van der Waals surface area (Å²) in [5.41, 5.74) is 1.06. The molecular weight excluding hydrogens is 268 g/mol. The number of hydrogen-bond acceptors (Lipinski definition) is 3. The van der Waals surface area contributed by atoms with Gasteiger partial charge in [-0.1, -0.05) is 28.9 Å². The van der Waals surface area contributed by atoms with E-state index in [1.807, 2.05) is 18.2 Å². The van der Waals surface area contributed by atoms with Crippen molar-refractivity contribution in [1.82, 2.24) is 9.88 Å². The van der Waals surface area contributed by atoms with Crippen LogP contribution in [0.5, 0.6) is 5.88 Å². The van der Waals surface area contributed by atoms with Crippen LogP contribution in [0.15, 0.2) is 18.2 Å². The quantitative estimate of drug-likeness (QED) is 0.721. The summed E-state index contributed by atoms with van der Waals surface area (Å²) in [6.07, 6.45) is 1.16. The number of alkyl halides is 1. The third-order valence-corrected chi connectivity index (χ3v) is 2.67. The molecule has 90 valence electrons. The van der Waals surface area contributed by atoms with Crippen LogP contribution in [0.2, 0.25) is 0 Å². The molecule has 0 aliphatic heterocycles. The third-order valence-electron chi connectivity index (χ3n) is 2.32. The highest BCUT2D eigenvalue weighted by atomic mass is 79.9. The average molecular weight is 287 g/mol. The zero-order valence-corrected chi connectivity index (χ0v) is 11.5. The first-order valence-corrected chi connectivity index (χ1v) is 6.70. The molecule has 0 atom stereocenters. The van der Waals surface area contributed by atoms with Gasteiger partial charge in [0.1, 0.15) is 0 Å². The lowest BCUT2D eigenvalue weighted by Gasteiger charge is -2.20. The minimum atomic E-state index is 0.688. The van der Waals surface area contributed by atoms with Crippen LogP contribution in [-0.2, 0) is 6.54 Å². The van der Waals surface area contributed by atoms with E-state index in [1.165, 1.54) is 0 Å². The molecule has 0 amide bonds. The van der Waals surface area contributed by atoms with E-state index >= 15 is 0 Å². The zero-order chi connectivity index (χ0) is 11.8. The van der Waals surface area contributed by atoms with Crippen LogP contribution in [0.4, 0.5) is 0 Å². The smallest absolute Gasteiger partial charge is 0.213 e. The molecule has 0 aliphatic carbocycles. The van der Waals surface area contributed by atoms with Crippen LogP contribution in [0.3, 0.4) is 0 Å². The fourth-order valence-electron chi connectivity index (χ4n) is 1.59. The molecule has 0 aliphatic rings. The number of nitrogens with zero attached hydrogens (tertiary/aromatic N) is 2. The van der Waals surface area contributed by atoms with Crippen molar-refractivity contribution in [1.29, 1.82) is 0 Å². The van der Waals surface area contributed by atoms with Crippen LogP contribution < -0.4 is 4.74 Å². The van der Waals surface area contributed by atoms with Gasteiger partial charge in [-0.15, -0.1) is 0 Å². The predicted molar refractivity (Wildman–Crippen MR) is 70.2 cm³/mol. The van der Waals surface area contributed by atoms with Gasteiger partial charge in [0.25, 0.3) is 0 Å². The zero-order valence-electron chi connectivity index (χ0n) is 9.95. The van der Waals surface area contributed by atoms with Crippen LogP contribution in [0, 0.1) is 0 Å². The normalized spacial score (nSPS) is 10.8. The molecule has 0 bridgehead atoms. The van der Waals surface area contributed by atoms with E-state index < -0.39 is 0 Å². The Labute approximate surface area is 106 Å². The summed E-state index contributed by atoms with van der Waals surface area (Å²) in [5, 5.41) is 0.997. The predicted octanol–water partition coefficient (Wildman–Crippen LogP) is 2.70. The molecule has 0 radical (unpaired) electrons. The summed E-state index contributed by atoms with van der Waals surface area (Å²) in [5.74, 6) is 0.688. The first-order chi connectivity index (χ1) is 7.80. The van der Waals surface area contributed by atoms with Gasteiger partial charge in [-0.2, -0.15) is 0 Å². The van der Waals surface area contributed by atoms with E-state index in [-0.39, 0.29) is 0 Å². The Morgan fingerprint density at radius 3 is 2.81 bits per heavy atom. The van der Waals surface area contributed by atoms with Gasteiger partial charge in [-0.3, -0.25) is 4.90 Å². The van der Waals surface area contributed by atoms with Gasteiger partial charge in [0.15, 0.2) is 0 Å². The van der Waals surface area contributed by atoms with Gasteiger partial charge >= 0.3 is 0 Å². The summed E-state index contributed by atoms with van der Waals surface area (Å²) in [7, 11) is 1.65. The van der Waals surface area contributed by atoms with E-state index in [2.05, 4.69) is 32.7 Å². The van der Waals surface area contributed by atoms with E-state index in [4.69, 9.17) is 4.74 Å². The second-order valence-corrected chi connectivity index (χ2v) is 4.43. The van der Waals surface area contributed by atoms with Crippen molar-refractivity contribution in [3.8, 4) is 5.88 Å². The van der Waals surface area contributed by atoms with Crippen LogP contribution in [0.25, 0.3) is 0 Å². The van der Waals surface area contributed by atoms with Gasteiger partial charge in [-0.25, -0.2) is 4.98 Å². The molecule has 1 rings (SSSR count). The number of rotatable bonds is 7. The molecule has 0 spiro atoms. The summed E-state index contributed by atoms with van der Waals surface area (Å²) in [4.78, 5) is 6.80. The number of aromatic nitrogens is 1. The van der Waals surface area contributed by atoms with Gasteiger partial charge in [-0.05, 0) is 19.0 Å². The topological polar surface area (TPSA) is 25.4 Å². The number of ether oxygens (including phenoxy) is 1. The second kappa shape index (κ2) is 7.63. The molecule has 0 saturated carbocycles. The maximum atomic E-state index is 5.12. The lowest BCUT2D eigenvalue weighted by Crippen LogP contribution is -2.26. The number of halogens is 1. The number of methoxy groups -OCH3 is 1. The van der Waals surface area contributed by atoms with E-state index in [0.29, 0.717) is 5.88 Å². The number of pyridine rings is 1. The molecule has 4 heteroatoms. The number of hydrogen-bond donors (Lipinski definition) is 0. The van der Waals surface area contributed by atoms with Crippen LogP contribution >= 0.6 is 15.9 Å². The average Bonchev–Trinajstić information content (AvgIpc) is 2.30. The molecule has 1 heterocycles. The summed E-state index contributed by atoms with van der Waals surface area (Å²) < 4.78 is 5.12. The Morgan fingerprint density at radius 1 is 1.38 bits per heavy atom. The third kappa shape index (κ3) is 4.49. The lowest BCUT2D eigenvalue weighted by molar-refractivity contribution is 0.278. The summed E-state index contributed by atoms with van der Waals surface area (Å²) in [6, 6.07) is 5.90. The molecule has 1 aromatic heterocycles. The first-order valence-electron chi connectivity index (χ1n) is 5.58. The molecule has 0 saturated heterocycles. The first kappa shape index (κ1) is 13.5.